The van der Waals surface area contributed by atoms with Crippen LogP contribution in [0.1, 0.15) is 161 Å². The zero-order valence-electron chi connectivity index (χ0n) is 26.9. The highest BCUT2D eigenvalue weighted by Crippen LogP contribution is 2.36. The molecule has 0 spiro atoms. The number of carbonyl (C=O) groups is 2. The lowest BCUT2D eigenvalue weighted by Crippen LogP contribution is -2.34. The average molecular weight is 606 g/mol. The molecule has 1 aliphatic rings. The largest absolute Gasteiger partial charge is 0.318 e. The van der Waals surface area contributed by atoms with E-state index in [0.29, 0.717) is 17.9 Å². The van der Waals surface area contributed by atoms with Crippen LogP contribution in [0.15, 0.2) is 29.2 Å². The van der Waals surface area contributed by atoms with E-state index in [4.69, 9.17) is 4.28 Å². The quantitative estimate of drug-likeness (QED) is 0.0818. The summed E-state index contributed by atoms with van der Waals surface area (Å²) < 4.78 is 31.1. The molecular weight excluding hydrogens is 546 g/mol. The van der Waals surface area contributed by atoms with Crippen LogP contribution in [0.25, 0.3) is 0 Å². The summed E-state index contributed by atoms with van der Waals surface area (Å²) in [5.41, 5.74) is 0.912. The Bertz CT molecular complexity index is 949. The van der Waals surface area contributed by atoms with Crippen molar-refractivity contribution in [3.63, 3.8) is 0 Å². The van der Waals surface area contributed by atoms with Gasteiger partial charge in [0, 0.05) is 0 Å². The smallest absolute Gasteiger partial charge is 0.272 e. The maximum absolute atomic E-state index is 13.4. The molecule has 2 unspecified atom stereocenters. The molecule has 7 heteroatoms. The van der Waals surface area contributed by atoms with Crippen LogP contribution in [0.5, 0.6) is 0 Å². The van der Waals surface area contributed by atoms with E-state index in [1.54, 1.807) is 12.1 Å². The van der Waals surface area contributed by atoms with Gasteiger partial charge >= 0.3 is 10.1 Å². The molecule has 1 aromatic carbocycles. The fourth-order valence-electron chi connectivity index (χ4n) is 6.03. The van der Waals surface area contributed by atoms with E-state index in [1.165, 1.54) is 102 Å². The standard InChI is InChI=1S/C35H59NO5S/c1-4-6-8-10-12-14-16-18-20-22-24-32-33(25-23-21-19-17-15-13-11-9-7-5-2)35(38)36(34(32)37)41-42(39,40)31-28-26-30(3)27-29-31/h26-29,32-33H,4-25H2,1-3H3. The second kappa shape index (κ2) is 21.1. The first-order valence-electron chi connectivity index (χ1n) is 17.2. The van der Waals surface area contributed by atoms with Gasteiger partial charge in [0.2, 0.25) is 0 Å². The molecule has 0 aromatic heterocycles. The molecule has 6 nitrogen and oxygen atoms in total. The summed E-state index contributed by atoms with van der Waals surface area (Å²) in [5.74, 6) is -2.00. The van der Waals surface area contributed by atoms with Crippen molar-refractivity contribution in [2.45, 2.75) is 167 Å². The Balaban J connectivity index is 1.88. The molecule has 2 atom stereocenters. The predicted molar refractivity (Wildman–Crippen MR) is 171 cm³/mol. The molecule has 2 amide bonds. The number of carbonyl (C=O) groups excluding carboxylic acids is 2. The van der Waals surface area contributed by atoms with Crippen LogP contribution in [0.3, 0.4) is 0 Å². The molecular formula is C35H59NO5S. The summed E-state index contributed by atoms with van der Waals surface area (Å²) in [7, 11) is -4.28. The van der Waals surface area contributed by atoms with Crippen LogP contribution in [-0.2, 0) is 24.0 Å². The summed E-state index contributed by atoms with van der Waals surface area (Å²) in [4.78, 5) is 26.7. The van der Waals surface area contributed by atoms with E-state index in [1.807, 2.05) is 6.92 Å². The van der Waals surface area contributed by atoms with Gasteiger partial charge in [-0.3, -0.25) is 9.59 Å². The summed E-state index contributed by atoms with van der Waals surface area (Å²) >= 11 is 0. The monoisotopic (exact) mass is 605 g/mol. The summed E-state index contributed by atoms with van der Waals surface area (Å²) in [6.07, 6.45) is 25.2. The van der Waals surface area contributed by atoms with Gasteiger partial charge in [-0.25, -0.2) is 0 Å². The number of rotatable bonds is 25. The van der Waals surface area contributed by atoms with Gasteiger partial charge in [0.05, 0.1) is 16.7 Å². The molecule has 0 aliphatic carbocycles. The minimum Gasteiger partial charge on any atom is -0.272 e. The van der Waals surface area contributed by atoms with Gasteiger partial charge in [0.25, 0.3) is 11.8 Å². The van der Waals surface area contributed by atoms with Crippen molar-refractivity contribution in [2.24, 2.45) is 11.8 Å². The second-order valence-electron chi connectivity index (χ2n) is 12.5. The molecule has 42 heavy (non-hydrogen) atoms. The van der Waals surface area contributed by atoms with Gasteiger partial charge in [0.1, 0.15) is 0 Å². The van der Waals surface area contributed by atoms with Crippen LogP contribution in [0.4, 0.5) is 0 Å². The number of hydroxylamine groups is 2. The van der Waals surface area contributed by atoms with Gasteiger partial charge in [0.15, 0.2) is 0 Å². The third-order valence-corrected chi connectivity index (χ3v) is 9.93. The summed E-state index contributed by atoms with van der Waals surface area (Å²) in [6, 6.07) is 6.23. The molecule has 0 bridgehead atoms. The fourth-order valence-corrected chi connectivity index (χ4v) is 6.92. The molecule has 1 aromatic rings. The predicted octanol–water partition coefficient (Wildman–Crippen LogP) is 9.84. The number of aryl methyl sites for hydroxylation is 1. The van der Waals surface area contributed by atoms with Gasteiger partial charge in [-0.1, -0.05) is 160 Å². The Morgan fingerprint density at radius 2 is 0.905 bits per heavy atom. The topological polar surface area (TPSA) is 80.8 Å². The van der Waals surface area contributed by atoms with Gasteiger partial charge in [-0.05, 0) is 31.9 Å². The summed E-state index contributed by atoms with van der Waals surface area (Å²) in [5, 5.41) is 0.567. The molecule has 1 aliphatic heterocycles. The van der Waals surface area contributed by atoms with Crippen LogP contribution in [0, 0.1) is 18.8 Å². The number of amides is 2. The number of unbranched alkanes of at least 4 members (excludes halogenated alkanes) is 18. The van der Waals surface area contributed by atoms with E-state index in [0.717, 1.165) is 44.1 Å². The van der Waals surface area contributed by atoms with E-state index < -0.39 is 33.8 Å². The molecule has 2 rings (SSSR count). The average Bonchev–Trinajstić information content (AvgIpc) is 3.18. The first kappa shape index (κ1) is 36.5. The minimum absolute atomic E-state index is 0.0573. The van der Waals surface area contributed by atoms with E-state index in [9.17, 15) is 18.0 Å². The molecule has 0 N–H and O–H groups in total. The number of hydrogen-bond acceptors (Lipinski definition) is 5. The van der Waals surface area contributed by atoms with Crippen molar-refractivity contribution in [1.29, 1.82) is 0 Å². The molecule has 0 saturated carbocycles. The van der Waals surface area contributed by atoms with E-state index in [-0.39, 0.29) is 4.90 Å². The van der Waals surface area contributed by atoms with Crippen LogP contribution < -0.4 is 0 Å². The van der Waals surface area contributed by atoms with Crippen LogP contribution >= 0.6 is 0 Å². The van der Waals surface area contributed by atoms with Gasteiger partial charge < -0.3 is 0 Å². The highest BCUT2D eigenvalue weighted by molar-refractivity contribution is 7.86. The second-order valence-corrected chi connectivity index (χ2v) is 14.0. The molecule has 0 radical (unpaired) electrons. The maximum Gasteiger partial charge on any atom is 0.318 e. The Labute approximate surface area is 257 Å². The Kier molecular flexibility index (Phi) is 18.3. The third-order valence-electron chi connectivity index (χ3n) is 8.74. The molecule has 1 saturated heterocycles. The molecule has 1 heterocycles. The fraction of sp³-hybridized carbons (Fsp3) is 0.771. The van der Waals surface area contributed by atoms with Crippen molar-refractivity contribution in [1.82, 2.24) is 5.06 Å². The lowest BCUT2D eigenvalue weighted by Gasteiger charge is -2.15. The first-order valence-corrected chi connectivity index (χ1v) is 18.6. The lowest BCUT2D eigenvalue weighted by molar-refractivity contribution is -0.165. The van der Waals surface area contributed by atoms with Crippen LogP contribution in [-0.4, -0.2) is 25.3 Å². The van der Waals surface area contributed by atoms with Crippen molar-refractivity contribution < 1.29 is 22.3 Å². The van der Waals surface area contributed by atoms with E-state index >= 15 is 0 Å². The lowest BCUT2D eigenvalue weighted by atomic mass is 9.86. The Morgan fingerprint density at radius 1 is 0.571 bits per heavy atom. The number of nitrogens with zero attached hydrogens (tertiary/aromatic N) is 1. The number of benzene rings is 1. The summed E-state index contributed by atoms with van der Waals surface area (Å²) in [6.45, 7) is 6.33. The van der Waals surface area contributed by atoms with Crippen LogP contribution in [0.2, 0.25) is 0 Å². The zero-order chi connectivity index (χ0) is 30.6. The van der Waals surface area contributed by atoms with Crippen molar-refractivity contribution in [3.8, 4) is 0 Å². The van der Waals surface area contributed by atoms with Gasteiger partial charge in [-0.2, -0.15) is 8.42 Å². The van der Waals surface area contributed by atoms with Crippen molar-refractivity contribution in [3.05, 3.63) is 29.8 Å². The normalized spacial score (nSPS) is 17.5. The van der Waals surface area contributed by atoms with Crippen molar-refractivity contribution >= 4 is 21.9 Å². The highest BCUT2D eigenvalue weighted by Gasteiger charge is 2.49. The zero-order valence-corrected chi connectivity index (χ0v) is 27.7. The first-order chi connectivity index (χ1) is 20.3. The minimum atomic E-state index is -4.28. The SMILES string of the molecule is CCCCCCCCCCCCC1C(=O)N(OS(=O)(=O)c2ccc(C)cc2)C(=O)C1CCCCCCCCCCCC. The highest BCUT2D eigenvalue weighted by atomic mass is 32.2. The third kappa shape index (κ3) is 13.3. The van der Waals surface area contributed by atoms with E-state index in [2.05, 4.69) is 13.8 Å². The van der Waals surface area contributed by atoms with Crippen molar-refractivity contribution in [2.75, 3.05) is 0 Å². The Morgan fingerprint density at radius 3 is 1.26 bits per heavy atom. The maximum atomic E-state index is 13.4. The number of imide groups is 1. The Hall–Kier alpha value is -1.73. The van der Waals surface area contributed by atoms with Gasteiger partial charge in [-0.15, -0.1) is 9.35 Å². The molecule has 1 fully saturated rings. The number of hydrogen-bond donors (Lipinski definition) is 0. The molecule has 240 valence electrons.